The highest BCUT2D eigenvalue weighted by molar-refractivity contribution is 4.92. The molecular formula is C16H32N2O3. The van der Waals surface area contributed by atoms with E-state index in [1.54, 1.807) is 14.2 Å². The maximum Gasteiger partial charge on any atom is 0.0971 e. The molecule has 2 rings (SSSR count). The molecule has 21 heavy (non-hydrogen) atoms. The monoisotopic (exact) mass is 300 g/mol. The van der Waals surface area contributed by atoms with E-state index >= 15 is 0 Å². The van der Waals surface area contributed by atoms with Gasteiger partial charge in [-0.15, -0.1) is 0 Å². The van der Waals surface area contributed by atoms with E-state index in [9.17, 15) is 5.11 Å². The van der Waals surface area contributed by atoms with Gasteiger partial charge in [0.25, 0.3) is 0 Å². The summed E-state index contributed by atoms with van der Waals surface area (Å²) >= 11 is 0. The van der Waals surface area contributed by atoms with Gasteiger partial charge in [0.15, 0.2) is 0 Å². The van der Waals surface area contributed by atoms with Gasteiger partial charge in [0, 0.05) is 38.9 Å². The minimum atomic E-state index is -0.101. The Morgan fingerprint density at radius 1 is 1.14 bits per heavy atom. The first-order valence-corrected chi connectivity index (χ1v) is 8.26. The molecule has 0 radical (unpaired) electrons. The molecule has 3 atom stereocenters. The highest BCUT2D eigenvalue weighted by Gasteiger charge is 2.33. The topological polar surface area (TPSA) is 54.0 Å². The quantitative estimate of drug-likeness (QED) is 0.590. The molecule has 2 aliphatic rings. The molecule has 5 heteroatoms. The Morgan fingerprint density at radius 3 is 2.24 bits per heavy atom. The number of likely N-dealkylation sites (tertiary alicyclic amines) is 1. The number of nitrogens with zero attached hydrogens (tertiary/aromatic N) is 1. The highest BCUT2D eigenvalue weighted by atomic mass is 16.5. The molecule has 1 aliphatic heterocycles. The predicted octanol–water partition coefficient (Wildman–Crippen LogP) is 1.01. The molecular weight excluding hydrogens is 268 g/mol. The summed E-state index contributed by atoms with van der Waals surface area (Å²) in [5, 5.41) is 13.2. The van der Waals surface area contributed by atoms with Crippen LogP contribution in [0, 0.1) is 0 Å². The zero-order chi connectivity index (χ0) is 15.3. The van der Waals surface area contributed by atoms with Gasteiger partial charge in [-0.1, -0.05) is 6.42 Å². The molecule has 0 aromatic rings. The fourth-order valence-electron chi connectivity index (χ4n) is 3.22. The maximum absolute atomic E-state index is 9.60. The lowest BCUT2D eigenvalue weighted by molar-refractivity contribution is -0.00461. The Labute approximate surface area is 129 Å². The van der Waals surface area contributed by atoms with Crippen molar-refractivity contribution < 1.29 is 14.6 Å². The second kappa shape index (κ2) is 7.88. The van der Waals surface area contributed by atoms with Crippen LogP contribution in [-0.4, -0.2) is 74.3 Å². The summed E-state index contributed by atoms with van der Waals surface area (Å²) in [7, 11) is 3.52. The van der Waals surface area contributed by atoms with Crippen LogP contribution in [-0.2, 0) is 9.47 Å². The molecule has 5 nitrogen and oxygen atoms in total. The number of unbranched alkanes of at least 4 members (excludes halogenated alkanes) is 1. The van der Waals surface area contributed by atoms with E-state index in [0.29, 0.717) is 6.04 Å². The van der Waals surface area contributed by atoms with Gasteiger partial charge in [-0.05, 0) is 39.2 Å². The summed E-state index contributed by atoms with van der Waals surface area (Å²) in [6.07, 6.45) is 6.27. The van der Waals surface area contributed by atoms with Crippen LogP contribution in [0.5, 0.6) is 0 Å². The standard InChI is InChI=1S/C16H32N2O3/c1-16(12-19,17-13-6-7-13)8-4-5-9-18-10-14(20-2)15(11-18)21-3/h13-15,17,19H,4-12H2,1-3H3. The van der Waals surface area contributed by atoms with E-state index in [-0.39, 0.29) is 24.4 Å². The average Bonchev–Trinajstić information content (AvgIpc) is 3.20. The lowest BCUT2D eigenvalue weighted by Gasteiger charge is -2.29. The van der Waals surface area contributed by atoms with Gasteiger partial charge in [0.05, 0.1) is 18.8 Å². The third-order valence-electron chi connectivity index (χ3n) is 4.83. The van der Waals surface area contributed by atoms with Crippen LogP contribution in [0.2, 0.25) is 0 Å². The third-order valence-corrected chi connectivity index (χ3v) is 4.83. The Morgan fingerprint density at radius 2 is 1.76 bits per heavy atom. The minimum Gasteiger partial charge on any atom is -0.394 e. The molecule has 0 aromatic heterocycles. The number of rotatable bonds is 10. The van der Waals surface area contributed by atoms with E-state index < -0.39 is 0 Å². The molecule has 0 aromatic carbocycles. The van der Waals surface area contributed by atoms with Gasteiger partial charge in [0.2, 0.25) is 0 Å². The molecule has 2 N–H and O–H groups in total. The van der Waals surface area contributed by atoms with Crippen molar-refractivity contribution in [2.24, 2.45) is 0 Å². The molecule has 0 spiro atoms. The summed E-state index contributed by atoms with van der Waals surface area (Å²) < 4.78 is 10.9. The van der Waals surface area contributed by atoms with Crippen LogP contribution in [0.25, 0.3) is 0 Å². The lowest BCUT2D eigenvalue weighted by atomic mass is 9.95. The van der Waals surface area contributed by atoms with E-state index in [2.05, 4.69) is 17.1 Å². The highest BCUT2D eigenvalue weighted by Crippen LogP contribution is 2.25. The Hall–Kier alpha value is -0.200. The largest absolute Gasteiger partial charge is 0.394 e. The SMILES string of the molecule is COC1CN(CCCCC(C)(CO)NC2CC2)CC1OC. The van der Waals surface area contributed by atoms with Crippen LogP contribution >= 0.6 is 0 Å². The molecule has 1 saturated heterocycles. The van der Waals surface area contributed by atoms with E-state index in [1.165, 1.54) is 12.8 Å². The number of aliphatic hydroxyl groups is 1. The van der Waals surface area contributed by atoms with Gasteiger partial charge in [-0.2, -0.15) is 0 Å². The number of hydrogen-bond donors (Lipinski definition) is 2. The van der Waals surface area contributed by atoms with Crippen molar-refractivity contribution in [1.82, 2.24) is 10.2 Å². The van der Waals surface area contributed by atoms with Crippen molar-refractivity contribution in [3.63, 3.8) is 0 Å². The number of hydrogen-bond acceptors (Lipinski definition) is 5. The Bertz CT molecular complexity index is 300. The van der Waals surface area contributed by atoms with Crippen molar-refractivity contribution >= 4 is 0 Å². The summed E-state index contributed by atoms with van der Waals surface area (Å²) in [5.74, 6) is 0. The van der Waals surface area contributed by atoms with Gasteiger partial charge in [-0.25, -0.2) is 0 Å². The van der Waals surface area contributed by atoms with E-state index in [0.717, 1.165) is 38.9 Å². The average molecular weight is 300 g/mol. The lowest BCUT2D eigenvalue weighted by Crippen LogP contribution is -2.47. The number of aliphatic hydroxyl groups excluding tert-OH is 1. The first-order valence-electron chi connectivity index (χ1n) is 8.26. The molecule has 1 saturated carbocycles. The molecule has 0 amide bonds. The van der Waals surface area contributed by atoms with Crippen molar-refractivity contribution in [2.75, 3.05) is 40.5 Å². The van der Waals surface area contributed by atoms with Gasteiger partial charge in [-0.3, -0.25) is 4.90 Å². The molecule has 3 unspecified atom stereocenters. The summed E-state index contributed by atoms with van der Waals surface area (Å²) in [6.45, 7) is 5.39. The fraction of sp³-hybridized carbons (Fsp3) is 1.00. The number of methoxy groups -OCH3 is 2. The van der Waals surface area contributed by atoms with Crippen molar-refractivity contribution in [3.8, 4) is 0 Å². The number of nitrogens with one attached hydrogen (secondary N) is 1. The maximum atomic E-state index is 9.60. The van der Waals surface area contributed by atoms with Gasteiger partial charge >= 0.3 is 0 Å². The van der Waals surface area contributed by atoms with Gasteiger partial charge in [0.1, 0.15) is 0 Å². The van der Waals surface area contributed by atoms with E-state index in [1.807, 2.05) is 0 Å². The first-order chi connectivity index (χ1) is 10.1. The fourth-order valence-corrected chi connectivity index (χ4v) is 3.22. The molecule has 1 heterocycles. The smallest absolute Gasteiger partial charge is 0.0971 e. The van der Waals surface area contributed by atoms with Crippen LogP contribution in [0.3, 0.4) is 0 Å². The van der Waals surface area contributed by atoms with Crippen molar-refractivity contribution in [3.05, 3.63) is 0 Å². The second-order valence-electron chi connectivity index (χ2n) is 6.90. The van der Waals surface area contributed by atoms with Gasteiger partial charge < -0.3 is 19.9 Å². The molecule has 0 bridgehead atoms. The third kappa shape index (κ3) is 5.18. The molecule has 2 fully saturated rings. The first kappa shape index (κ1) is 17.2. The normalized spacial score (nSPS) is 29.7. The van der Waals surface area contributed by atoms with Crippen LogP contribution in [0.15, 0.2) is 0 Å². The van der Waals surface area contributed by atoms with Crippen molar-refractivity contribution in [1.29, 1.82) is 0 Å². The summed E-state index contributed by atoms with van der Waals surface area (Å²) in [6, 6.07) is 0.644. The molecule has 1 aliphatic carbocycles. The van der Waals surface area contributed by atoms with Crippen molar-refractivity contribution in [2.45, 2.75) is 62.8 Å². The summed E-state index contributed by atoms with van der Waals surface area (Å²) in [4.78, 5) is 2.42. The van der Waals surface area contributed by atoms with Crippen LogP contribution in [0.4, 0.5) is 0 Å². The Balaban J connectivity index is 1.62. The minimum absolute atomic E-state index is 0.101. The number of ether oxygens (including phenoxy) is 2. The zero-order valence-electron chi connectivity index (χ0n) is 13.8. The molecule has 124 valence electrons. The zero-order valence-corrected chi connectivity index (χ0v) is 13.8. The Kier molecular flexibility index (Phi) is 6.44. The predicted molar refractivity (Wildman–Crippen MR) is 83.5 cm³/mol. The summed E-state index contributed by atoms with van der Waals surface area (Å²) in [5.41, 5.74) is -0.101. The van der Waals surface area contributed by atoms with E-state index in [4.69, 9.17) is 9.47 Å². The second-order valence-corrected chi connectivity index (χ2v) is 6.90. The van der Waals surface area contributed by atoms with Crippen LogP contribution in [0.1, 0.15) is 39.0 Å². The van der Waals surface area contributed by atoms with Crippen LogP contribution < -0.4 is 5.32 Å².